The van der Waals surface area contributed by atoms with Crippen molar-refractivity contribution in [3.8, 4) is 0 Å². The molecule has 11 aromatic heterocycles. The quantitative estimate of drug-likeness (QED) is 0.0216. The number of nitrogens with one attached hydrogen (secondary N) is 8. The molecular weight excluding hydrogens is 1910 g/mol. The molecule has 774 valence electrons. The van der Waals surface area contributed by atoms with Crippen LogP contribution in [0.15, 0.2) is 86.5 Å². The van der Waals surface area contributed by atoms with Gasteiger partial charge < -0.3 is 52.3 Å². The van der Waals surface area contributed by atoms with Crippen LogP contribution < -0.4 is 42.5 Å². The van der Waals surface area contributed by atoms with Gasteiger partial charge in [0.25, 0.3) is 0 Å². The number of likely N-dealkylation sites (N-methyl/N-ethyl adjacent to an activating group) is 4. The Bertz CT molecular complexity index is 6340. The van der Waals surface area contributed by atoms with Crippen molar-refractivity contribution in [1.82, 2.24) is 94.9 Å². The van der Waals surface area contributed by atoms with Gasteiger partial charge in [0.15, 0.2) is 0 Å². The molecule has 11 aliphatic rings. The van der Waals surface area contributed by atoms with Gasteiger partial charge in [0.1, 0.15) is 84.9 Å². The van der Waals surface area contributed by atoms with Crippen LogP contribution in [0.4, 0.5) is 34.8 Å². The molecule has 0 bridgehead atoms. The molecule has 12 heterocycles. The molecule has 5 saturated carbocycles. The van der Waals surface area contributed by atoms with Crippen LogP contribution in [0, 0.1) is 5.92 Å². The summed E-state index contributed by atoms with van der Waals surface area (Å²) in [4.78, 5) is 126. The fraction of sp³-hybridized carbons (Fsp3) is 0.595. The third-order valence-corrected chi connectivity index (χ3v) is 38.2. The van der Waals surface area contributed by atoms with Crippen molar-refractivity contribution in [2.24, 2.45) is 5.92 Å². The lowest BCUT2D eigenvalue weighted by atomic mass is 9.90. The van der Waals surface area contributed by atoms with Crippen molar-refractivity contribution < 1.29 is 19.2 Å². The minimum Gasteiger partial charge on any atom is -0.367 e. The molecule has 1 saturated heterocycles. The number of carbonyl (C=O) groups is 4. The number of pyridine rings is 1. The van der Waals surface area contributed by atoms with Crippen LogP contribution in [0.5, 0.6) is 0 Å². The minimum absolute atomic E-state index is 0.00504. The normalized spacial score (nSPS) is 22.1. The Balaban J connectivity index is 0.000000115. The smallest absolute Gasteiger partial charge is 0.238 e. The van der Waals surface area contributed by atoms with Gasteiger partial charge in [-0.2, -0.15) is 0 Å². The lowest BCUT2D eigenvalue weighted by Gasteiger charge is -2.36. The maximum absolute atomic E-state index is 12.5. The van der Waals surface area contributed by atoms with Gasteiger partial charge in [-0.25, -0.2) is 49.8 Å². The first kappa shape index (κ1) is 104. The highest BCUT2D eigenvalue weighted by Crippen LogP contribution is 2.47. The van der Waals surface area contributed by atoms with Gasteiger partial charge in [0, 0.05) is 123 Å². The number of anilines is 6. The molecule has 0 atom stereocenters. The highest BCUT2D eigenvalue weighted by atomic mass is 32.1. The highest BCUT2D eigenvalue weighted by molar-refractivity contribution is 7.20. The zero-order valence-corrected chi connectivity index (χ0v) is 90.7. The van der Waals surface area contributed by atoms with E-state index in [0.29, 0.717) is 93.0 Å². The number of thiophene rings is 5. The topological polar surface area (TPSA) is 326 Å². The van der Waals surface area contributed by atoms with Crippen molar-refractivity contribution in [1.29, 1.82) is 0 Å². The van der Waals surface area contributed by atoms with Crippen molar-refractivity contribution >= 4 is 166 Å². The molecule has 34 heteroatoms. The second-order valence-corrected chi connectivity index (χ2v) is 48.8. The van der Waals surface area contributed by atoms with Crippen LogP contribution in [-0.2, 0) is 89.9 Å². The van der Waals surface area contributed by atoms with Crippen LogP contribution in [0.25, 0.3) is 51.1 Å². The van der Waals surface area contributed by atoms with Crippen molar-refractivity contribution in [3.63, 3.8) is 0 Å². The van der Waals surface area contributed by atoms with Crippen LogP contribution in [0.3, 0.4) is 0 Å². The monoisotopic (exact) mass is 2060 g/mol. The zero-order valence-electron chi connectivity index (χ0n) is 86.6. The van der Waals surface area contributed by atoms with E-state index in [1.807, 2.05) is 125 Å². The van der Waals surface area contributed by atoms with E-state index in [4.69, 9.17) is 0 Å². The Hall–Kier alpha value is -9.75. The molecule has 10 aliphatic carbocycles. The van der Waals surface area contributed by atoms with Crippen molar-refractivity contribution in [3.05, 3.63) is 144 Å². The Morgan fingerprint density at radius 2 is 0.662 bits per heavy atom. The number of aryl methyl sites for hydroxylation is 10. The lowest BCUT2D eigenvalue weighted by Crippen LogP contribution is -2.44. The van der Waals surface area contributed by atoms with Gasteiger partial charge in [0.2, 0.25) is 23.6 Å². The van der Waals surface area contributed by atoms with E-state index in [1.165, 1.54) is 193 Å². The summed E-state index contributed by atoms with van der Waals surface area (Å²) >= 11 is 9.24. The first-order valence-electron chi connectivity index (χ1n) is 54.3. The summed E-state index contributed by atoms with van der Waals surface area (Å²) in [7, 11) is 10.6. The van der Waals surface area contributed by atoms with Gasteiger partial charge in [-0.05, 0) is 338 Å². The summed E-state index contributed by atoms with van der Waals surface area (Å²) in [5.74, 6) is 6.44. The minimum atomic E-state index is 0.00504. The Morgan fingerprint density at radius 1 is 0.352 bits per heavy atom. The Kier molecular flexibility index (Phi) is 35.2. The second-order valence-electron chi connectivity index (χ2n) is 43.4. The molecule has 145 heavy (non-hydrogen) atoms. The largest absolute Gasteiger partial charge is 0.367 e. The average molecular weight is 2060 g/mol. The van der Waals surface area contributed by atoms with Gasteiger partial charge in [0.05, 0.1) is 65.0 Å². The fourth-order valence-corrected chi connectivity index (χ4v) is 30.7. The first-order chi connectivity index (χ1) is 70.6. The number of rotatable bonds is 29. The molecule has 8 N–H and O–H groups in total. The van der Waals surface area contributed by atoms with E-state index in [9.17, 15) is 19.2 Å². The van der Waals surface area contributed by atoms with Gasteiger partial charge in [-0.3, -0.25) is 43.8 Å². The molecule has 0 unspecified atom stereocenters. The van der Waals surface area contributed by atoms with Gasteiger partial charge in [-0.1, -0.05) is 44.2 Å². The number of carbonyl (C=O) groups excluding carboxylic acids is 4. The summed E-state index contributed by atoms with van der Waals surface area (Å²) in [5, 5.41) is 34.0. The van der Waals surface area contributed by atoms with Crippen LogP contribution >= 0.6 is 56.7 Å². The Labute approximate surface area is 875 Å². The lowest BCUT2D eigenvalue weighted by molar-refractivity contribution is -0.131. The SMILES string of the molecule is CC(C)CN(C)C1CCC(Nc2ncnc3sc4c(c23)CCC4)CC1.CC(C)NC(=O)CN(C)C1CCC(Nc2ncnc3sc4c(c23)CCC4)CC1.CN(CC(=O)N1CCCC1)C1CCC(Nc2ncnc3sc4c(c23)CCC4)CC1.CN(CC(=O)NCc1ccccc1)C1CCC(Nc2ncnc3sc4c(c23)CCC4)CC1.CN(CC(=O)Nc1cccnc1)C1CCC(Nc2ncnc3sc4c(c23)CCC4)CC1. The number of hydrogen-bond donors (Lipinski definition) is 8. The maximum atomic E-state index is 12.5. The van der Waals surface area contributed by atoms with Gasteiger partial charge in [-0.15, -0.1) is 56.7 Å². The standard InChI is InChI=1S/C25H31N5OS.C23H28N6OS.C22H31N5OS.C21H31N5OS.C20H30N4S/c1-30(15-22(31)26-14-17-6-3-2-4-7-17)19-12-10-18(11-13-19)29-24-23-20-8-5-9-21(20)32-25(23)28-16-27-24;1-29(13-20(30)27-16-4-3-11-24-12-16)17-9-7-15(8-10-17)28-22-21-18-5-2-6-19(18)31-23(21)26-14-25-22;1-26(13-19(28)27-11-2-3-12-27)16-9-7-15(8-10-16)25-21-20-17-5-4-6-18(17)29-22(20)24-14-23-21;1-13(2)24-18(27)11-26(3)15-9-7-14(8-10-15)25-20-19-16-5-4-6-17(16)28-21(19)23-12-22-20;1-13(2)11-24(3)15-9-7-14(8-10-15)23-19-18-16-5-4-6-17(16)25-20(18)22-12-21-19/h2-4,6-7,16,18-19H,5,8-15H2,1H3,(H,26,31)(H,27,28,29);3-4,11-12,14-15,17H,2,5-10,13H2,1H3,(H,27,30)(H,25,26,28);14-16H,2-13H2,1H3,(H,23,24,25);12-15H,4-11H2,1-3H3,(H,24,27)(H,22,23,25);12-15H,4-11H2,1-3H3,(H,21,22,23). The molecule has 29 nitrogen and oxygen atoms in total. The van der Waals surface area contributed by atoms with Crippen LogP contribution in [0.2, 0.25) is 0 Å². The van der Waals surface area contributed by atoms with Crippen LogP contribution in [-0.4, -0.2) is 255 Å². The zero-order chi connectivity index (χ0) is 100.0. The molecule has 0 radical (unpaired) electrons. The molecule has 1 aromatic carbocycles. The molecule has 4 amide bonds. The van der Waals surface area contributed by atoms with Crippen molar-refractivity contribution in [2.45, 2.75) is 338 Å². The van der Waals surface area contributed by atoms with E-state index in [-0.39, 0.29) is 23.8 Å². The number of hydrogen-bond acceptors (Lipinski definition) is 30. The highest BCUT2D eigenvalue weighted by Gasteiger charge is 2.36. The molecule has 23 rings (SSSR count). The number of fused-ring (bicyclic) bond motifs is 15. The van der Waals surface area contributed by atoms with E-state index in [2.05, 4.69) is 164 Å². The van der Waals surface area contributed by atoms with Crippen molar-refractivity contribution in [2.75, 3.05) is 113 Å². The predicted molar refractivity (Wildman–Crippen MR) is 594 cm³/mol. The van der Waals surface area contributed by atoms with E-state index in [0.717, 1.165) is 220 Å². The molecule has 6 fully saturated rings. The summed E-state index contributed by atoms with van der Waals surface area (Å²) in [5.41, 5.74) is 9.30. The number of benzene rings is 1. The first-order valence-corrected chi connectivity index (χ1v) is 58.4. The second kappa shape index (κ2) is 49.1. The van der Waals surface area contributed by atoms with E-state index >= 15 is 0 Å². The molecular formula is C111H151N25O4S5. The summed E-state index contributed by atoms with van der Waals surface area (Å²) in [6.07, 6.45) is 55.1. The third-order valence-electron chi connectivity index (χ3n) is 32.2. The number of nitrogens with zero attached hydrogens (tertiary/aromatic N) is 17. The number of amides is 4. The van der Waals surface area contributed by atoms with E-state index < -0.39 is 0 Å². The van der Waals surface area contributed by atoms with Crippen LogP contribution in [0.1, 0.15) is 259 Å². The molecule has 12 aromatic rings. The third kappa shape index (κ3) is 26.0. The number of aromatic nitrogens is 11. The maximum Gasteiger partial charge on any atom is 0.238 e. The predicted octanol–water partition coefficient (Wildman–Crippen LogP) is 19.3. The summed E-state index contributed by atoms with van der Waals surface area (Å²) in [6.45, 7) is 14.2. The average Bonchev–Trinajstić information content (AvgIpc) is 1.64. The number of likely N-dealkylation sites (tertiary alicyclic amines) is 1. The fourth-order valence-electron chi connectivity index (χ4n) is 24.5. The van der Waals surface area contributed by atoms with E-state index in [1.54, 1.807) is 44.0 Å². The Morgan fingerprint density at radius 3 is 0.972 bits per heavy atom. The van der Waals surface area contributed by atoms with Gasteiger partial charge >= 0.3 is 0 Å². The molecule has 0 spiro atoms. The molecule has 1 aliphatic heterocycles. The summed E-state index contributed by atoms with van der Waals surface area (Å²) < 4.78 is 0. The summed E-state index contributed by atoms with van der Waals surface area (Å²) in [6, 6.07) is 18.9.